The van der Waals surface area contributed by atoms with Crippen LogP contribution in [-0.2, 0) is 4.79 Å². The van der Waals surface area contributed by atoms with Gasteiger partial charge in [-0.05, 0) is 38.1 Å². The van der Waals surface area contributed by atoms with Crippen LogP contribution in [0, 0.1) is 0 Å². The molecule has 0 aliphatic carbocycles. The van der Waals surface area contributed by atoms with Gasteiger partial charge in [0.15, 0.2) is 5.54 Å². The molecule has 2 rings (SSSR count). The largest absolute Gasteiger partial charge is 0.324 e. The normalized spacial score (nSPS) is 23.0. The Morgan fingerprint density at radius 1 is 1.31 bits per heavy atom. The van der Waals surface area contributed by atoms with Crippen molar-refractivity contribution in [2.24, 2.45) is 4.99 Å². The quantitative estimate of drug-likeness (QED) is 0.807. The van der Waals surface area contributed by atoms with E-state index in [0.29, 0.717) is 0 Å². The molecule has 0 bridgehead atoms. The molecule has 16 heavy (non-hydrogen) atoms. The smallest absolute Gasteiger partial charge is 0.255 e. The Morgan fingerprint density at radius 2 is 2.00 bits per heavy atom. The van der Waals surface area contributed by atoms with Crippen LogP contribution in [0.5, 0.6) is 0 Å². The van der Waals surface area contributed by atoms with Crippen molar-refractivity contribution < 1.29 is 4.79 Å². The van der Waals surface area contributed by atoms with Gasteiger partial charge in [-0.3, -0.25) is 9.79 Å². The van der Waals surface area contributed by atoms with Crippen LogP contribution in [0.1, 0.15) is 13.8 Å². The molecule has 1 N–H and O–H groups in total. The van der Waals surface area contributed by atoms with Gasteiger partial charge < -0.3 is 5.32 Å². The van der Waals surface area contributed by atoms with Gasteiger partial charge in [0, 0.05) is 11.4 Å². The average molecular weight is 214 g/mol. The molecule has 1 aromatic rings. The van der Waals surface area contributed by atoms with Gasteiger partial charge >= 0.3 is 0 Å². The highest BCUT2D eigenvalue weighted by molar-refractivity contribution is 6.06. The van der Waals surface area contributed by atoms with Gasteiger partial charge in [0.2, 0.25) is 0 Å². The summed E-state index contributed by atoms with van der Waals surface area (Å²) >= 11 is 0. The molecular formula is C13H14N2O. The van der Waals surface area contributed by atoms with Gasteiger partial charge in [0.25, 0.3) is 5.91 Å². The van der Waals surface area contributed by atoms with Crippen molar-refractivity contribution in [1.82, 2.24) is 0 Å². The molecule has 0 fully saturated rings. The zero-order valence-electron chi connectivity index (χ0n) is 9.40. The van der Waals surface area contributed by atoms with E-state index >= 15 is 0 Å². The van der Waals surface area contributed by atoms with E-state index in [-0.39, 0.29) is 5.91 Å². The maximum absolute atomic E-state index is 12.0. The molecule has 1 aliphatic heterocycles. The summed E-state index contributed by atoms with van der Waals surface area (Å²) in [7, 11) is 0. The van der Waals surface area contributed by atoms with Gasteiger partial charge in [0.05, 0.1) is 0 Å². The van der Waals surface area contributed by atoms with Crippen molar-refractivity contribution in [2.75, 3.05) is 5.32 Å². The highest BCUT2D eigenvalue weighted by atomic mass is 16.2. The van der Waals surface area contributed by atoms with E-state index in [2.05, 4.69) is 10.3 Å². The van der Waals surface area contributed by atoms with Crippen LogP contribution in [0.4, 0.5) is 5.69 Å². The number of allylic oxidation sites excluding steroid dienone is 1. The fourth-order valence-electron chi connectivity index (χ4n) is 1.63. The molecule has 3 heteroatoms. The Bertz CT molecular complexity index is 462. The molecule has 1 aliphatic rings. The molecule has 0 saturated heterocycles. The van der Waals surface area contributed by atoms with Crippen LogP contribution < -0.4 is 5.32 Å². The number of anilines is 1. The third-order valence-electron chi connectivity index (χ3n) is 2.55. The molecule has 1 atom stereocenters. The first-order chi connectivity index (χ1) is 7.60. The molecule has 0 aromatic heterocycles. The number of para-hydroxylation sites is 1. The first-order valence-corrected chi connectivity index (χ1v) is 5.22. The van der Waals surface area contributed by atoms with Gasteiger partial charge in [-0.1, -0.05) is 18.2 Å². The number of nitrogens with one attached hydrogen (secondary N) is 1. The van der Waals surface area contributed by atoms with Crippen molar-refractivity contribution in [1.29, 1.82) is 0 Å². The second-order valence-electron chi connectivity index (χ2n) is 4.05. The predicted octanol–water partition coefficient (Wildman–Crippen LogP) is 2.41. The molecule has 82 valence electrons. The van der Waals surface area contributed by atoms with Gasteiger partial charge in [-0.15, -0.1) is 0 Å². The number of nitrogens with zero attached hydrogens (tertiary/aromatic N) is 1. The van der Waals surface area contributed by atoms with Crippen molar-refractivity contribution in [3.05, 3.63) is 42.5 Å². The lowest BCUT2D eigenvalue weighted by atomic mass is 10.0. The number of hydrogen-bond donors (Lipinski definition) is 1. The summed E-state index contributed by atoms with van der Waals surface area (Å²) in [4.78, 5) is 16.3. The number of carbonyl (C=O) groups is 1. The molecule has 1 aromatic carbocycles. The Kier molecular flexibility index (Phi) is 2.60. The Hall–Kier alpha value is -1.90. The predicted molar refractivity (Wildman–Crippen MR) is 65.7 cm³/mol. The lowest BCUT2D eigenvalue weighted by molar-refractivity contribution is -0.119. The van der Waals surface area contributed by atoms with Crippen molar-refractivity contribution >= 4 is 17.3 Å². The topological polar surface area (TPSA) is 41.5 Å². The van der Waals surface area contributed by atoms with E-state index in [0.717, 1.165) is 11.4 Å². The number of hydrogen-bond acceptors (Lipinski definition) is 2. The van der Waals surface area contributed by atoms with Gasteiger partial charge in [0.1, 0.15) is 0 Å². The van der Waals surface area contributed by atoms with Crippen molar-refractivity contribution in [3.63, 3.8) is 0 Å². The van der Waals surface area contributed by atoms with E-state index in [1.165, 1.54) is 0 Å². The summed E-state index contributed by atoms with van der Waals surface area (Å²) in [6.45, 7) is 3.69. The van der Waals surface area contributed by atoms with E-state index in [1.807, 2.05) is 49.4 Å². The minimum Gasteiger partial charge on any atom is -0.324 e. The third-order valence-corrected chi connectivity index (χ3v) is 2.55. The molecule has 1 heterocycles. The van der Waals surface area contributed by atoms with Crippen LogP contribution in [0.2, 0.25) is 0 Å². The lowest BCUT2D eigenvalue weighted by Crippen LogP contribution is -2.35. The monoisotopic (exact) mass is 214 g/mol. The summed E-state index contributed by atoms with van der Waals surface area (Å²) in [6, 6.07) is 9.40. The number of rotatable bonds is 2. The molecule has 0 radical (unpaired) electrons. The highest BCUT2D eigenvalue weighted by Gasteiger charge is 2.32. The van der Waals surface area contributed by atoms with Crippen molar-refractivity contribution in [2.45, 2.75) is 19.4 Å². The maximum Gasteiger partial charge on any atom is 0.255 e. The van der Waals surface area contributed by atoms with E-state index in [4.69, 9.17) is 0 Å². The summed E-state index contributed by atoms with van der Waals surface area (Å²) in [5, 5.41) is 2.85. The SMILES string of the molecule is CC1=NC(C)(C(=O)Nc2ccccc2)C=C1. The van der Waals surface area contributed by atoms with Crippen LogP contribution in [-0.4, -0.2) is 17.2 Å². The Morgan fingerprint density at radius 3 is 2.56 bits per heavy atom. The number of carbonyl (C=O) groups excluding carboxylic acids is 1. The summed E-state index contributed by atoms with van der Waals surface area (Å²) < 4.78 is 0. The van der Waals surface area contributed by atoms with Gasteiger partial charge in [-0.2, -0.15) is 0 Å². The average Bonchev–Trinajstić information content (AvgIpc) is 2.61. The van der Waals surface area contributed by atoms with Crippen LogP contribution >= 0.6 is 0 Å². The molecule has 0 spiro atoms. The molecule has 0 saturated carbocycles. The first kappa shape index (κ1) is 10.6. The van der Waals surface area contributed by atoms with Crippen LogP contribution in [0.25, 0.3) is 0 Å². The molecular weight excluding hydrogens is 200 g/mol. The van der Waals surface area contributed by atoms with Crippen molar-refractivity contribution in [3.8, 4) is 0 Å². The number of benzene rings is 1. The zero-order valence-corrected chi connectivity index (χ0v) is 9.40. The second kappa shape index (κ2) is 3.93. The van der Waals surface area contributed by atoms with Gasteiger partial charge in [-0.25, -0.2) is 0 Å². The number of amides is 1. The lowest BCUT2D eigenvalue weighted by Gasteiger charge is -2.17. The molecule has 3 nitrogen and oxygen atoms in total. The van der Waals surface area contributed by atoms with Crippen LogP contribution in [0.15, 0.2) is 47.5 Å². The zero-order chi connectivity index (χ0) is 11.6. The molecule has 1 unspecified atom stereocenters. The molecule has 1 amide bonds. The summed E-state index contributed by atoms with van der Waals surface area (Å²) in [5.41, 5.74) is 0.910. The van der Waals surface area contributed by atoms with E-state index in [9.17, 15) is 4.79 Å². The highest BCUT2D eigenvalue weighted by Crippen LogP contribution is 2.21. The summed E-state index contributed by atoms with van der Waals surface area (Å²) in [6.07, 6.45) is 3.69. The van der Waals surface area contributed by atoms with Crippen LogP contribution in [0.3, 0.4) is 0 Å². The Balaban J connectivity index is 2.13. The van der Waals surface area contributed by atoms with E-state index < -0.39 is 5.54 Å². The Labute approximate surface area is 94.9 Å². The van der Waals surface area contributed by atoms with E-state index in [1.54, 1.807) is 6.92 Å². The first-order valence-electron chi connectivity index (χ1n) is 5.22. The standard InChI is InChI=1S/C13H14N2O/c1-10-8-9-13(2,15-10)12(16)14-11-6-4-3-5-7-11/h3-9H,1-2H3,(H,14,16). The summed E-state index contributed by atoms with van der Waals surface area (Å²) in [5.74, 6) is -0.105. The maximum atomic E-state index is 12.0. The fraction of sp³-hybridized carbons (Fsp3) is 0.231. The third kappa shape index (κ3) is 2.03. The fourth-order valence-corrected chi connectivity index (χ4v) is 1.63. The minimum absolute atomic E-state index is 0.105. The minimum atomic E-state index is -0.764. The second-order valence-corrected chi connectivity index (χ2v) is 4.05. The number of aliphatic imine (C=N–C) groups is 1.